The molecule has 1 aliphatic heterocycles. The number of aliphatic hydroxyl groups is 1. The number of aromatic nitrogens is 1. The number of fused-ring (bicyclic) bond motifs is 1. The maximum absolute atomic E-state index is 14.0. The molecule has 1 unspecified atom stereocenters. The van der Waals surface area contributed by atoms with Gasteiger partial charge in [-0.25, -0.2) is 9.37 Å². The van der Waals surface area contributed by atoms with Crippen molar-refractivity contribution >= 4 is 44.1 Å². The number of benzene rings is 3. The van der Waals surface area contributed by atoms with Crippen molar-refractivity contribution in [1.29, 1.82) is 0 Å². The van der Waals surface area contributed by atoms with Gasteiger partial charge in [-0.2, -0.15) is 0 Å². The van der Waals surface area contributed by atoms with Crippen LogP contribution < -0.4 is 19.1 Å². The first-order chi connectivity index (χ1) is 20.4. The molecular formula is C32H31FN2O6S. The zero-order valence-corrected chi connectivity index (χ0v) is 24.4. The average molecular weight is 591 g/mol. The lowest BCUT2D eigenvalue weighted by Gasteiger charge is -2.24. The van der Waals surface area contributed by atoms with E-state index in [4.69, 9.17) is 14.2 Å². The van der Waals surface area contributed by atoms with E-state index in [-0.39, 0.29) is 16.5 Å². The van der Waals surface area contributed by atoms with Gasteiger partial charge in [-0.15, -0.1) is 0 Å². The fourth-order valence-electron chi connectivity index (χ4n) is 4.72. The number of carbonyl (C=O) groups excluding carboxylic acids is 2. The van der Waals surface area contributed by atoms with E-state index in [1.807, 2.05) is 6.92 Å². The summed E-state index contributed by atoms with van der Waals surface area (Å²) in [5, 5.41) is 11.7. The number of anilines is 1. The summed E-state index contributed by atoms with van der Waals surface area (Å²) in [6.07, 6.45) is 2.67. The number of hydrogen-bond donors (Lipinski definition) is 1. The standard InChI is InChI=1S/C32H31FN2O6S/c1-4-6-16-41-24-14-9-20(17-25(24)39-3)28-27(29(36)19-7-11-22(12-8-19)40-15-5-2)30(37)31(38)35(28)32-34-23-13-10-21(33)18-26(23)42-32/h7-14,17-18,28,36H,4-6,15-16H2,1-3H3. The highest BCUT2D eigenvalue weighted by Crippen LogP contribution is 2.46. The molecule has 0 bridgehead atoms. The number of methoxy groups -OCH3 is 1. The van der Waals surface area contributed by atoms with Crippen LogP contribution in [0.2, 0.25) is 0 Å². The quantitative estimate of drug-likeness (QED) is 0.0866. The molecule has 1 amide bonds. The Bertz CT molecular complexity index is 1650. The molecule has 42 heavy (non-hydrogen) atoms. The number of ether oxygens (including phenoxy) is 3. The number of unbranched alkanes of at least 4 members (excludes halogenated alkanes) is 1. The number of rotatable bonds is 11. The number of halogens is 1. The summed E-state index contributed by atoms with van der Waals surface area (Å²) in [4.78, 5) is 33.0. The van der Waals surface area contributed by atoms with E-state index in [0.717, 1.165) is 30.6 Å². The van der Waals surface area contributed by atoms with Crippen LogP contribution in [0.25, 0.3) is 16.0 Å². The number of ketones is 1. The molecule has 5 rings (SSSR count). The second kappa shape index (κ2) is 12.6. The van der Waals surface area contributed by atoms with Crippen LogP contribution >= 0.6 is 11.3 Å². The molecule has 0 spiro atoms. The number of Topliss-reactive ketones (excluding diaryl/α,β-unsaturated/α-hetero) is 1. The Morgan fingerprint density at radius 1 is 0.976 bits per heavy atom. The first-order valence-electron chi connectivity index (χ1n) is 13.8. The molecule has 1 N–H and O–H groups in total. The Kier molecular flexibility index (Phi) is 8.72. The van der Waals surface area contributed by atoms with Gasteiger partial charge in [-0.05, 0) is 73.0 Å². The largest absolute Gasteiger partial charge is 0.507 e. The van der Waals surface area contributed by atoms with Crippen LogP contribution in [-0.4, -0.2) is 42.1 Å². The number of thiazole rings is 1. The topological polar surface area (TPSA) is 98.2 Å². The Hall–Kier alpha value is -4.44. The second-order valence-corrected chi connectivity index (χ2v) is 10.8. The van der Waals surface area contributed by atoms with Crippen LogP contribution in [-0.2, 0) is 9.59 Å². The van der Waals surface area contributed by atoms with Gasteiger partial charge < -0.3 is 19.3 Å². The van der Waals surface area contributed by atoms with E-state index in [1.165, 1.54) is 30.2 Å². The molecule has 4 aromatic rings. The van der Waals surface area contributed by atoms with E-state index >= 15 is 0 Å². The molecule has 1 aliphatic rings. The van der Waals surface area contributed by atoms with Crippen molar-refractivity contribution in [3.63, 3.8) is 0 Å². The van der Waals surface area contributed by atoms with Gasteiger partial charge in [-0.1, -0.05) is 37.7 Å². The highest BCUT2D eigenvalue weighted by Gasteiger charge is 2.48. The van der Waals surface area contributed by atoms with Crippen molar-refractivity contribution in [2.45, 2.75) is 39.2 Å². The molecule has 1 aromatic heterocycles. The molecular weight excluding hydrogens is 559 g/mol. The first kappa shape index (κ1) is 29.1. The highest BCUT2D eigenvalue weighted by atomic mass is 32.1. The summed E-state index contributed by atoms with van der Waals surface area (Å²) in [5.41, 5.74) is 1.23. The van der Waals surface area contributed by atoms with Crippen molar-refractivity contribution in [1.82, 2.24) is 4.98 Å². The van der Waals surface area contributed by atoms with E-state index in [9.17, 15) is 19.1 Å². The Morgan fingerprint density at radius 3 is 2.48 bits per heavy atom. The maximum Gasteiger partial charge on any atom is 0.301 e. The molecule has 1 atom stereocenters. The van der Waals surface area contributed by atoms with Gasteiger partial charge in [-0.3, -0.25) is 14.5 Å². The molecule has 2 heterocycles. The lowest BCUT2D eigenvalue weighted by atomic mass is 9.95. The highest BCUT2D eigenvalue weighted by molar-refractivity contribution is 7.22. The summed E-state index contributed by atoms with van der Waals surface area (Å²) >= 11 is 1.08. The molecule has 8 nitrogen and oxygen atoms in total. The Labute approximate surface area is 247 Å². The second-order valence-electron chi connectivity index (χ2n) is 9.76. The van der Waals surface area contributed by atoms with Crippen molar-refractivity contribution < 1.29 is 33.3 Å². The molecule has 0 saturated carbocycles. The van der Waals surface area contributed by atoms with Gasteiger partial charge in [0.05, 0.1) is 42.2 Å². The third-order valence-corrected chi connectivity index (χ3v) is 7.87. The third kappa shape index (κ3) is 5.67. The first-order valence-corrected chi connectivity index (χ1v) is 14.6. The van der Waals surface area contributed by atoms with Crippen LogP contribution in [0.1, 0.15) is 50.3 Å². The third-order valence-electron chi connectivity index (χ3n) is 6.85. The number of hydrogen-bond acceptors (Lipinski definition) is 8. The maximum atomic E-state index is 14.0. The summed E-state index contributed by atoms with van der Waals surface area (Å²) in [6.45, 7) is 5.11. The zero-order chi connectivity index (χ0) is 29.8. The smallest absolute Gasteiger partial charge is 0.301 e. The summed E-state index contributed by atoms with van der Waals surface area (Å²) < 4.78 is 31.6. The van der Waals surface area contributed by atoms with Crippen LogP contribution in [0.15, 0.2) is 66.2 Å². The molecule has 0 aliphatic carbocycles. The van der Waals surface area contributed by atoms with Gasteiger partial charge >= 0.3 is 5.91 Å². The molecule has 218 valence electrons. The van der Waals surface area contributed by atoms with Crippen LogP contribution in [0.5, 0.6) is 17.2 Å². The van der Waals surface area contributed by atoms with Gasteiger partial charge in [0.1, 0.15) is 17.3 Å². The zero-order valence-electron chi connectivity index (χ0n) is 23.6. The van der Waals surface area contributed by atoms with Gasteiger partial charge in [0, 0.05) is 5.56 Å². The van der Waals surface area contributed by atoms with Crippen LogP contribution in [0.3, 0.4) is 0 Å². The van der Waals surface area contributed by atoms with E-state index in [2.05, 4.69) is 11.9 Å². The fourth-order valence-corrected chi connectivity index (χ4v) is 5.74. The minimum absolute atomic E-state index is 0.102. The Balaban J connectivity index is 1.64. The molecule has 0 radical (unpaired) electrons. The summed E-state index contributed by atoms with van der Waals surface area (Å²) in [7, 11) is 1.51. The number of nitrogens with zero attached hydrogens (tertiary/aromatic N) is 2. The molecule has 3 aromatic carbocycles. The predicted octanol–water partition coefficient (Wildman–Crippen LogP) is 7.04. The van der Waals surface area contributed by atoms with Crippen molar-refractivity contribution in [2.24, 2.45) is 0 Å². The van der Waals surface area contributed by atoms with Crippen molar-refractivity contribution in [3.8, 4) is 17.2 Å². The molecule has 1 saturated heterocycles. The SMILES string of the molecule is CCCCOc1ccc(C2C(=C(O)c3ccc(OCCC)cc3)C(=O)C(=O)N2c2nc3ccc(F)cc3s2)cc1OC. The van der Waals surface area contributed by atoms with E-state index < -0.39 is 23.5 Å². The van der Waals surface area contributed by atoms with Crippen LogP contribution in [0.4, 0.5) is 9.52 Å². The van der Waals surface area contributed by atoms with E-state index in [1.54, 1.807) is 42.5 Å². The number of aliphatic hydroxyl groups excluding tert-OH is 1. The summed E-state index contributed by atoms with van der Waals surface area (Å²) in [6, 6.07) is 14.9. The number of carbonyl (C=O) groups is 2. The van der Waals surface area contributed by atoms with Crippen LogP contribution in [0, 0.1) is 5.82 Å². The Morgan fingerprint density at radius 2 is 1.76 bits per heavy atom. The average Bonchev–Trinajstić information content (AvgIpc) is 3.53. The normalized spacial score (nSPS) is 16.3. The number of amides is 1. The van der Waals surface area contributed by atoms with Gasteiger partial charge in [0.25, 0.3) is 5.78 Å². The van der Waals surface area contributed by atoms with Crippen molar-refractivity contribution in [2.75, 3.05) is 25.2 Å². The minimum atomic E-state index is -1.04. The predicted molar refractivity (Wildman–Crippen MR) is 160 cm³/mol. The lowest BCUT2D eigenvalue weighted by molar-refractivity contribution is -0.132. The lowest BCUT2D eigenvalue weighted by Crippen LogP contribution is -2.29. The molecule has 1 fully saturated rings. The van der Waals surface area contributed by atoms with Crippen molar-refractivity contribution in [3.05, 3.63) is 83.2 Å². The fraction of sp³-hybridized carbons (Fsp3) is 0.281. The van der Waals surface area contributed by atoms with E-state index in [0.29, 0.717) is 51.8 Å². The monoisotopic (exact) mass is 590 g/mol. The van der Waals surface area contributed by atoms with Gasteiger partial charge in [0.2, 0.25) is 0 Å². The molecule has 10 heteroatoms. The van der Waals surface area contributed by atoms with Gasteiger partial charge in [0.15, 0.2) is 16.6 Å². The minimum Gasteiger partial charge on any atom is -0.507 e. The summed E-state index contributed by atoms with van der Waals surface area (Å²) in [5.74, 6) is -0.940.